The minimum absolute atomic E-state index is 0.00110. The van der Waals surface area contributed by atoms with Crippen LogP contribution >= 0.6 is 0 Å². The zero-order valence-electron chi connectivity index (χ0n) is 22.9. The first-order valence-electron chi connectivity index (χ1n) is 12.6. The topological polar surface area (TPSA) is 87.3 Å². The van der Waals surface area contributed by atoms with Gasteiger partial charge in [0.2, 0.25) is 11.2 Å². The average molecular weight is 521 g/mol. The van der Waals surface area contributed by atoms with Crippen molar-refractivity contribution in [2.24, 2.45) is 0 Å². The highest BCUT2D eigenvalue weighted by Crippen LogP contribution is 2.50. The van der Waals surface area contributed by atoms with E-state index < -0.39 is 0 Å². The summed E-state index contributed by atoms with van der Waals surface area (Å²) in [6.45, 7) is 0.583. The van der Waals surface area contributed by atoms with Gasteiger partial charge in [0, 0.05) is 18.2 Å². The molecule has 4 rings (SSSR count). The van der Waals surface area contributed by atoms with E-state index >= 15 is 0 Å². The summed E-state index contributed by atoms with van der Waals surface area (Å²) >= 11 is 0. The lowest BCUT2D eigenvalue weighted by atomic mass is 9.95. The number of aryl methyl sites for hydroxylation is 1. The van der Waals surface area contributed by atoms with Gasteiger partial charge in [0.25, 0.3) is 0 Å². The summed E-state index contributed by atoms with van der Waals surface area (Å²) in [6.07, 6.45) is 2.33. The summed E-state index contributed by atoms with van der Waals surface area (Å²) in [5.41, 5.74) is 5.41. The molecule has 0 aliphatic heterocycles. The molecule has 3 aromatic carbocycles. The maximum absolute atomic E-state index is 13.4. The van der Waals surface area contributed by atoms with E-state index in [0.29, 0.717) is 47.4 Å². The molecular weight excluding hydrogens is 484 g/mol. The molecule has 0 radical (unpaired) electrons. The van der Waals surface area contributed by atoms with Crippen molar-refractivity contribution < 1.29 is 23.7 Å². The van der Waals surface area contributed by atoms with Crippen LogP contribution in [-0.4, -0.2) is 49.1 Å². The van der Waals surface area contributed by atoms with Crippen LogP contribution in [-0.2, 0) is 12.8 Å². The highest BCUT2D eigenvalue weighted by Gasteiger charge is 2.28. The first kappa shape index (κ1) is 27.1. The molecule has 0 bridgehead atoms. The van der Waals surface area contributed by atoms with Crippen LogP contribution in [0.4, 0.5) is 5.69 Å². The van der Waals surface area contributed by atoms with Gasteiger partial charge >= 0.3 is 0 Å². The monoisotopic (exact) mass is 520 g/mol. The summed E-state index contributed by atoms with van der Waals surface area (Å²) in [6, 6.07) is 13.4. The molecule has 2 N–H and O–H groups in total. The summed E-state index contributed by atoms with van der Waals surface area (Å²) in [5.74, 6) is 3.12. The molecule has 8 nitrogen and oxygen atoms in total. The van der Waals surface area contributed by atoms with Gasteiger partial charge in [-0.25, -0.2) is 0 Å². The van der Waals surface area contributed by atoms with Gasteiger partial charge in [-0.3, -0.25) is 4.79 Å². The highest BCUT2D eigenvalue weighted by atomic mass is 16.5. The van der Waals surface area contributed by atoms with Crippen LogP contribution in [0.5, 0.6) is 28.7 Å². The Morgan fingerprint density at radius 2 is 1.55 bits per heavy atom. The number of ether oxygens (including phenoxy) is 5. The Bertz CT molecular complexity index is 1360. The van der Waals surface area contributed by atoms with E-state index in [1.165, 1.54) is 0 Å². The zero-order chi connectivity index (χ0) is 27.2. The van der Waals surface area contributed by atoms with Crippen LogP contribution in [0.15, 0.2) is 47.3 Å². The SMILES string of the molecule is CNC1CCc2cc(OC)c(OC)c(OC)c2-c2ccc(NCCc3ccc(OC)c(OC)c3)c(=O)cc21. The van der Waals surface area contributed by atoms with Gasteiger partial charge in [0.1, 0.15) is 0 Å². The van der Waals surface area contributed by atoms with Crippen molar-refractivity contribution in [3.63, 3.8) is 0 Å². The van der Waals surface area contributed by atoms with Crippen molar-refractivity contribution in [1.82, 2.24) is 5.32 Å². The smallest absolute Gasteiger partial charge is 0.203 e. The van der Waals surface area contributed by atoms with Crippen molar-refractivity contribution in [2.45, 2.75) is 25.3 Å². The van der Waals surface area contributed by atoms with Crippen molar-refractivity contribution in [2.75, 3.05) is 54.5 Å². The van der Waals surface area contributed by atoms with Crippen LogP contribution in [0.2, 0.25) is 0 Å². The second kappa shape index (κ2) is 12.1. The average Bonchev–Trinajstić information content (AvgIpc) is 3.19. The Balaban J connectivity index is 1.73. The van der Waals surface area contributed by atoms with Crippen LogP contribution in [0.1, 0.15) is 29.2 Å². The molecule has 0 saturated carbocycles. The first-order valence-corrected chi connectivity index (χ1v) is 12.6. The van der Waals surface area contributed by atoms with E-state index in [1.54, 1.807) is 41.6 Å². The minimum Gasteiger partial charge on any atom is -0.493 e. The fourth-order valence-electron chi connectivity index (χ4n) is 5.14. The fraction of sp³-hybridized carbons (Fsp3) is 0.367. The molecule has 0 spiro atoms. The molecular formula is C30H36N2O6. The lowest BCUT2D eigenvalue weighted by Crippen LogP contribution is -2.18. The van der Waals surface area contributed by atoms with E-state index in [9.17, 15) is 4.79 Å². The van der Waals surface area contributed by atoms with E-state index in [-0.39, 0.29) is 11.5 Å². The van der Waals surface area contributed by atoms with Crippen molar-refractivity contribution >= 4 is 5.69 Å². The van der Waals surface area contributed by atoms with Crippen LogP contribution in [0, 0.1) is 0 Å². The predicted octanol–water partition coefficient (Wildman–Crippen LogP) is 4.62. The molecule has 1 aliphatic rings. The summed E-state index contributed by atoms with van der Waals surface area (Å²) in [7, 11) is 10.00. The number of fused-ring (bicyclic) bond motifs is 3. The Kier molecular flexibility index (Phi) is 8.63. The molecule has 1 aliphatic carbocycles. The van der Waals surface area contributed by atoms with E-state index in [4.69, 9.17) is 23.7 Å². The van der Waals surface area contributed by atoms with Gasteiger partial charge in [-0.1, -0.05) is 12.1 Å². The summed E-state index contributed by atoms with van der Waals surface area (Å²) < 4.78 is 27.9. The van der Waals surface area contributed by atoms with Crippen molar-refractivity contribution in [1.29, 1.82) is 0 Å². The van der Waals surface area contributed by atoms with Gasteiger partial charge in [-0.2, -0.15) is 0 Å². The number of anilines is 1. The Labute approximate surface area is 223 Å². The van der Waals surface area contributed by atoms with E-state index in [1.807, 2.05) is 43.4 Å². The number of benzene rings is 2. The standard InChI is InChI=1S/C30H36N2O6/c1-31-22-10-8-19-16-27(36-4)29(37-5)30(38-6)28(19)20-9-11-23(24(33)17-21(20)22)32-14-13-18-7-12-25(34-2)26(15-18)35-3/h7,9,11-12,15-17,22,31H,8,10,13-14H2,1-6H3,(H,32,33). The zero-order valence-corrected chi connectivity index (χ0v) is 22.9. The molecule has 202 valence electrons. The summed E-state index contributed by atoms with van der Waals surface area (Å²) in [5, 5.41) is 6.72. The van der Waals surface area contributed by atoms with Gasteiger partial charge in [0.05, 0.1) is 41.2 Å². The number of hydrogen-bond donors (Lipinski definition) is 2. The van der Waals surface area contributed by atoms with Gasteiger partial charge in [0.15, 0.2) is 23.0 Å². The van der Waals surface area contributed by atoms with E-state index in [2.05, 4.69) is 10.6 Å². The first-order chi connectivity index (χ1) is 18.5. The molecule has 3 aromatic rings. The quantitative estimate of drug-likeness (QED) is 0.401. The second-order valence-electron chi connectivity index (χ2n) is 9.05. The molecule has 1 unspecified atom stereocenters. The number of methoxy groups -OCH3 is 5. The van der Waals surface area contributed by atoms with Gasteiger partial charge < -0.3 is 34.3 Å². The summed E-state index contributed by atoms with van der Waals surface area (Å²) in [4.78, 5) is 13.4. The minimum atomic E-state index is -0.0679. The van der Waals surface area contributed by atoms with Gasteiger partial charge in [-0.15, -0.1) is 0 Å². The molecule has 38 heavy (non-hydrogen) atoms. The van der Waals surface area contributed by atoms with Crippen LogP contribution in [0.25, 0.3) is 11.1 Å². The number of rotatable bonds is 10. The Hall–Kier alpha value is -3.91. The van der Waals surface area contributed by atoms with Crippen molar-refractivity contribution in [3.05, 3.63) is 69.4 Å². The normalized spacial score (nSPS) is 14.0. The third kappa shape index (κ3) is 5.22. The lowest BCUT2D eigenvalue weighted by Gasteiger charge is -2.19. The maximum Gasteiger partial charge on any atom is 0.203 e. The highest BCUT2D eigenvalue weighted by molar-refractivity contribution is 5.83. The third-order valence-corrected chi connectivity index (χ3v) is 7.06. The molecule has 0 aromatic heterocycles. The molecule has 0 heterocycles. The molecule has 8 heteroatoms. The molecule has 0 saturated heterocycles. The van der Waals surface area contributed by atoms with Crippen LogP contribution in [0.3, 0.4) is 0 Å². The Morgan fingerprint density at radius 1 is 0.816 bits per heavy atom. The Morgan fingerprint density at radius 3 is 2.21 bits per heavy atom. The number of hydrogen-bond acceptors (Lipinski definition) is 8. The molecule has 1 atom stereocenters. The maximum atomic E-state index is 13.4. The largest absolute Gasteiger partial charge is 0.493 e. The van der Waals surface area contributed by atoms with E-state index in [0.717, 1.165) is 40.7 Å². The predicted molar refractivity (Wildman–Crippen MR) is 150 cm³/mol. The number of nitrogens with one attached hydrogen (secondary N) is 2. The fourth-order valence-corrected chi connectivity index (χ4v) is 5.14. The molecule has 0 fully saturated rings. The van der Waals surface area contributed by atoms with Gasteiger partial charge in [-0.05, 0) is 78.9 Å². The lowest BCUT2D eigenvalue weighted by molar-refractivity contribution is 0.324. The van der Waals surface area contributed by atoms with Crippen molar-refractivity contribution in [3.8, 4) is 39.9 Å². The second-order valence-corrected chi connectivity index (χ2v) is 9.05. The molecule has 0 amide bonds. The third-order valence-electron chi connectivity index (χ3n) is 7.06. The van der Waals surface area contributed by atoms with Crippen LogP contribution < -0.4 is 39.7 Å².